The van der Waals surface area contributed by atoms with E-state index < -0.39 is 0 Å². The van der Waals surface area contributed by atoms with Crippen LogP contribution in [0.3, 0.4) is 0 Å². The number of anilines is 1. The summed E-state index contributed by atoms with van der Waals surface area (Å²) in [6.45, 7) is 29.2. The second-order valence-corrected chi connectivity index (χ2v) is 34.2. The lowest BCUT2D eigenvalue weighted by molar-refractivity contribution is -0.0856. The molecule has 13 rings (SSSR count). The molecular formula is C102H134N4O5S. The minimum atomic E-state index is 0.105. The highest BCUT2D eigenvalue weighted by Crippen LogP contribution is 2.44. The minimum absolute atomic E-state index is 0.105. The summed E-state index contributed by atoms with van der Waals surface area (Å²) >= 11 is 1.82. The first-order valence-corrected chi connectivity index (χ1v) is 44.2. The maximum Gasteiger partial charge on any atom is 0.167 e. The molecule has 3 heterocycles. The van der Waals surface area contributed by atoms with Crippen LogP contribution in [0.25, 0.3) is 66.5 Å². The van der Waals surface area contributed by atoms with Gasteiger partial charge in [-0.25, -0.2) is 0 Å². The molecule has 8 aromatic carbocycles. The first-order valence-electron chi connectivity index (χ1n) is 43.4. The molecule has 9 nitrogen and oxygen atoms in total. The molecule has 2 saturated carbocycles. The summed E-state index contributed by atoms with van der Waals surface area (Å²) in [4.78, 5) is 2.55. The van der Waals surface area contributed by atoms with E-state index in [0.29, 0.717) is 23.7 Å². The molecule has 112 heavy (non-hydrogen) atoms. The second kappa shape index (κ2) is 45.5. The number of aromatic nitrogens is 3. The van der Waals surface area contributed by atoms with Crippen LogP contribution in [0.1, 0.15) is 276 Å². The largest absolute Gasteiger partial charge is 0.494 e. The van der Waals surface area contributed by atoms with Crippen LogP contribution in [0, 0.1) is 17.8 Å². The monoisotopic (exact) mass is 1530 g/mol. The van der Waals surface area contributed by atoms with Gasteiger partial charge in [-0.05, 0) is 235 Å². The van der Waals surface area contributed by atoms with E-state index in [4.69, 9.17) is 23.5 Å². The molecule has 0 spiro atoms. The zero-order valence-corrected chi connectivity index (χ0v) is 71.2. The second-order valence-electron chi connectivity index (χ2n) is 33.2. The predicted octanol–water partition coefficient (Wildman–Crippen LogP) is 29.7. The maximum absolute atomic E-state index is 6.21. The Morgan fingerprint density at radius 2 is 0.804 bits per heavy atom. The van der Waals surface area contributed by atoms with Crippen molar-refractivity contribution in [2.45, 2.75) is 260 Å². The van der Waals surface area contributed by atoms with E-state index in [1.54, 1.807) is 0 Å². The molecule has 10 aromatic rings. The number of benzene rings is 8. The Kier molecular flexibility index (Phi) is 35.0. The Labute approximate surface area is 679 Å². The van der Waals surface area contributed by atoms with Crippen LogP contribution in [0.4, 0.5) is 5.69 Å². The summed E-state index contributed by atoms with van der Waals surface area (Å²) in [5.74, 6) is 8.37. The molecular weight excluding hydrogens is 1390 g/mol. The quantitative estimate of drug-likeness (QED) is 0.0373. The topological polar surface area (TPSA) is 92.0 Å². The number of methoxy groups -OCH3 is 1. The van der Waals surface area contributed by atoms with Gasteiger partial charge in [0.15, 0.2) is 5.76 Å². The van der Waals surface area contributed by atoms with Gasteiger partial charge in [-0.1, -0.05) is 291 Å². The van der Waals surface area contributed by atoms with Gasteiger partial charge in [-0.2, -0.15) is 0 Å². The molecule has 1 saturated heterocycles. The van der Waals surface area contributed by atoms with Crippen molar-refractivity contribution in [1.82, 2.24) is 15.4 Å². The molecule has 0 bridgehead atoms. The lowest BCUT2D eigenvalue weighted by atomic mass is 9.72. The van der Waals surface area contributed by atoms with E-state index in [1.165, 1.54) is 188 Å². The van der Waals surface area contributed by atoms with Gasteiger partial charge >= 0.3 is 0 Å². The predicted molar refractivity (Wildman–Crippen MR) is 475 cm³/mol. The van der Waals surface area contributed by atoms with E-state index in [1.807, 2.05) is 48.8 Å². The fraction of sp³-hybridized carbons (Fsp3) is 0.480. The number of piperidine rings is 1. The summed E-state index contributed by atoms with van der Waals surface area (Å²) < 4.78 is 29.2. The van der Waals surface area contributed by atoms with Crippen LogP contribution < -0.4 is 19.1 Å². The van der Waals surface area contributed by atoms with Crippen molar-refractivity contribution in [2.75, 3.05) is 44.9 Å². The minimum Gasteiger partial charge on any atom is -0.494 e. The Hall–Kier alpha value is -8.31. The van der Waals surface area contributed by atoms with Crippen LogP contribution in [0.15, 0.2) is 205 Å². The summed E-state index contributed by atoms with van der Waals surface area (Å²) in [6, 6.07) is 71.0. The highest BCUT2D eigenvalue weighted by Gasteiger charge is 2.42. The standard InChI is InChI=1S/C30H45N3OS.C26H30O.C23H27NO2.C23H32O/c1-22(2)21-23-9-11-24(12-10-23)28-31-32-29(35-28)25-13-15-27(16-14-25)33-19-17-30(34-3,18-20-33)26-7-5-4-6-8-26;1-4-5-6-19-27-26-17-15-25(16-18-26)24-13-11-23(12-14-24)22-9-7-21(8-10-22)20(2)3;1-4-5-6-15-25-21-13-11-20(12-14-21)23-16-22(24-26-23)19-9-7-18(8-10-19)17(2)3;1-4-5-6-7-8-9-18-24-23-16-14-22(15-17-23)21-12-10-20(11-13-21)19(2)3/h13-16,22-24,26H,4-12,17-21H2,1-3H3;7-18,20H,4-6,19H2,1-3H3;7-14,16-17H,4-6,15H2,1-3H3;10-17,19H,4-9,18H2,1-3H3. The van der Waals surface area contributed by atoms with Gasteiger partial charge in [-0.15, -0.1) is 10.2 Å². The summed E-state index contributed by atoms with van der Waals surface area (Å²) in [5.41, 5.74) is 17.1. The maximum atomic E-state index is 6.21. The molecule has 598 valence electrons. The molecule has 1 aliphatic heterocycles. The molecule has 0 radical (unpaired) electrons. The molecule has 0 amide bonds. The molecule has 10 heteroatoms. The van der Waals surface area contributed by atoms with E-state index in [9.17, 15) is 0 Å². The summed E-state index contributed by atoms with van der Waals surface area (Å²) in [6.07, 6.45) is 30.7. The van der Waals surface area contributed by atoms with Gasteiger partial charge < -0.3 is 28.4 Å². The third-order valence-corrected chi connectivity index (χ3v) is 24.5. The van der Waals surface area contributed by atoms with Crippen LogP contribution in [-0.4, -0.2) is 61.0 Å². The number of hydrogen-bond donors (Lipinski definition) is 0. The van der Waals surface area contributed by atoms with E-state index in [-0.39, 0.29) is 5.60 Å². The molecule has 2 aromatic heterocycles. The zero-order valence-electron chi connectivity index (χ0n) is 70.3. The van der Waals surface area contributed by atoms with Gasteiger partial charge in [0.25, 0.3) is 0 Å². The third kappa shape index (κ3) is 26.4. The van der Waals surface area contributed by atoms with Crippen LogP contribution in [0.2, 0.25) is 0 Å². The first kappa shape index (κ1) is 86.1. The van der Waals surface area contributed by atoms with Crippen molar-refractivity contribution in [3.8, 4) is 83.8 Å². The van der Waals surface area contributed by atoms with Crippen molar-refractivity contribution in [3.05, 3.63) is 222 Å². The number of rotatable bonds is 33. The van der Waals surface area contributed by atoms with Gasteiger partial charge in [0.1, 0.15) is 33.0 Å². The first-order chi connectivity index (χ1) is 54.6. The van der Waals surface area contributed by atoms with E-state index in [0.717, 1.165) is 128 Å². The van der Waals surface area contributed by atoms with E-state index in [2.05, 4.69) is 266 Å². The molecule has 0 atom stereocenters. The fourth-order valence-electron chi connectivity index (χ4n) is 16.1. The fourth-order valence-corrected chi connectivity index (χ4v) is 17.1. The number of nitrogens with zero attached hydrogens (tertiary/aromatic N) is 4. The Morgan fingerprint density at radius 3 is 1.23 bits per heavy atom. The molecule has 0 N–H and O–H groups in total. The van der Waals surface area contributed by atoms with Crippen molar-refractivity contribution in [1.29, 1.82) is 0 Å². The lowest BCUT2D eigenvalue weighted by Gasteiger charge is -2.47. The number of ether oxygens (including phenoxy) is 4. The summed E-state index contributed by atoms with van der Waals surface area (Å²) in [7, 11) is 1.95. The van der Waals surface area contributed by atoms with Gasteiger partial charge in [0.05, 0.1) is 25.4 Å². The van der Waals surface area contributed by atoms with Crippen molar-refractivity contribution < 1.29 is 23.5 Å². The number of hydrogen-bond acceptors (Lipinski definition) is 10. The Bertz CT molecular complexity index is 4200. The van der Waals surface area contributed by atoms with Crippen LogP contribution >= 0.6 is 11.3 Å². The van der Waals surface area contributed by atoms with Crippen LogP contribution in [-0.2, 0) is 4.74 Å². The van der Waals surface area contributed by atoms with Gasteiger partial charge in [0, 0.05) is 54.6 Å². The van der Waals surface area contributed by atoms with Gasteiger partial charge in [-0.3, -0.25) is 0 Å². The Balaban J connectivity index is 0.000000160. The normalized spacial score (nSPS) is 15.6. The number of unbranched alkanes of at least 4 members (excludes halogenated alkanes) is 9. The lowest BCUT2D eigenvalue weighted by Crippen LogP contribution is -2.50. The molecule has 3 aliphatic rings. The SMILES string of the molecule is CCCCCCCCOc1ccc(-c2ccc(C(C)C)cc2)cc1.CCCCCOc1ccc(-c2cc(-c3ccc(C(C)C)cc3)no2)cc1.CCCCCOc1ccc(-c2ccc(-c3ccc(C(C)C)cc3)cc2)cc1.COC1(C2CCCCC2)CCN(c2ccc(-c3nnc(C4CCC(CC(C)C)CC4)s3)cc2)CC1. The van der Waals surface area contributed by atoms with Crippen molar-refractivity contribution in [3.63, 3.8) is 0 Å². The molecule has 2 aliphatic carbocycles. The van der Waals surface area contributed by atoms with Crippen LogP contribution in [0.5, 0.6) is 17.2 Å². The molecule has 0 unspecified atom stereocenters. The summed E-state index contributed by atoms with van der Waals surface area (Å²) in [5, 5.41) is 15.8. The Morgan fingerprint density at radius 1 is 0.420 bits per heavy atom. The molecule has 3 fully saturated rings. The van der Waals surface area contributed by atoms with E-state index >= 15 is 0 Å². The van der Waals surface area contributed by atoms with Crippen molar-refractivity contribution in [2.24, 2.45) is 17.8 Å². The van der Waals surface area contributed by atoms with Gasteiger partial charge in [0.2, 0.25) is 0 Å². The highest BCUT2D eigenvalue weighted by molar-refractivity contribution is 7.14. The third-order valence-electron chi connectivity index (χ3n) is 23.4. The van der Waals surface area contributed by atoms with Crippen molar-refractivity contribution >= 4 is 17.0 Å². The highest BCUT2D eigenvalue weighted by atomic mass is 32.1. The zero-order chi connectivity index (χ0) is 78.9. The average Bonchev–Trinajstić information content (AvgIpc) is 0.833. The average molecular weight is 1530 g/mol. The smallest absolute Gasteiger partial charge is 0.167 e.